The summed E-state index contributed by atoms with van der Waals surface area (Å²) in [7, 11) is 0. The van der Waals surface area contributed by atoms with Crippen LogP contribution in [-0.2, 0) is 4.79 Å². The smallest absolute Gasteiger partial charge is 0.406 e. The van der Waals surface area contributed by atoms with Gasteiger partial charge in [0.1, 0.15) is 5.75 Å². The molecule has 2 aliphatic heterocycles. The first-order valence-electron chi connectivity index (χ1n) is 7.94. The highest BCUT2D eigenvalue weighted by Gasteiger charge is 2.34. The van der Waals surface area contributed by atoms with Gasteiger partial charge in [0.15, 0.2) is 0 Å². The minimum absolute atomic E-state index is 0. The summed E-state index contributed by atoms with van der Waals surface area (Å²) >= 11 is 0. The SMILES string of the molecule is Cl.O=C(C=Cc1ccc(OC(F)(F)F)cc1)N1CC[C@H]2CNC[C@@H]2C1. The maximum atomic E-state index is 12.3. The number of ether oxygens (including phenoxy) is 1. The molecule has 2 heterocycles. The van der Waals surface area contributed by atoms with E-state index in [9.17, 15) is 18.0 Å². The Morgan fingerprint density at radius 3 is 2.56 bits per heavy atom. The molecule has 138 valence electrons. The van der Waals surface area contributed by atoms with Crippen LogP contribution in [0.25, 0.3) is 6.08 Å². The third-order valence-electron chi connectivity index (χ3n) is 4.55. The molecule has 0 bridgehead atoms. The minimum Gasteiger partial charge on any atom is -0.406 e. The lowest BCUT2D eigenvalue weighted by Gasteiger charge is -2.33. The van der Waals surface area contributed by atoms with E-state index in [1.165, 1.54) is 30.3 Å². The fourth-order valence-electron chi connectivity index (χ4n) is 3.29. The van der Waals surface area contributed by atoms with Crippen molar-refractivity contribution in [3.8, 4) is 5.75 Å². The van der Waals surface area contributed by atoms with Gasteiger partial charge in [-0.3, -0.25) is 4.79 Å². The molecule has 8 heteroatoms. The molecular formula is C17H20ClF3N2O2. The molecule has 2 aliphatic rings. The summed E-state index contributed by atoms with van der Waals surface area (Å²) in [6, 6.07) is 5.43. The van der Waals surface area contributed by atoms with E-state index >= 15 is 0 Å². The predicted molar refractivity (Wildman–Crippen MR) is 90.5 cm³/mol. The van der Waals surface area contributed by atoms with Crippen LogP contribution in [-0.4, -0.2) is 43.3 Å². The number of carbonyl (C=O) groups is 1. The number of halogens is 4. The number of fused-ring (bicyclic) bond motifs is 1. The summed E-state index contributed by atoms with van der Waals surface area (Å²) in [5, 5.41) is 3.36. The molecule has 0 aromatic heterocycles. The summed E-state index contributed by atoms with van der Waals surface area (Å²) in [6.07, 6.45) is -0.601. The molecule has 3 rings (SSSR count). The Balaban J connectivity index is 0.00000225. The number of hydrogen-bond donors (Lipinski definition) is 1. The molecule has 1 N–H and O–H groups in total. The van der Waals surface area contributed by atoms with Crippen molar-refractivity contribution in [3.05, 3.63) is 35.9 Å². The number of amides is 1. The number of likely N-dealkylation sites (tertiary alicyclic amines) is 1. The van der Waals surface area contributed by atoms with Crippen LogP contribution < -0.4 is 10.1 Å². The third kappa shape index (κ3) is 5.37. The van der Waals surface area contributed by atoms with E-state index in [4.69, 9.17) is 0 Å². The van der Waals surface area contributed by atoms with Crippen LogP contribution in [0.2, 0.25) is 0 Å². The summed E-state index contributed by atoms with van der Waals surface area (Å²) < 4.78 is 40.1. The van der Waals surface area contributed by atoms with E-state index < -0.39 is 6.36 Å². The number of alkyl halides is 3. The fourth-order valence-corrected chi connectivity index (χ4v) is 3.29. The Labute approximate surface area is 150 Å². The van der Waals surface area contributed by atoms with E-state index in [2.05, 4.69) is 10.1 Å². The number of hydrogen-bond acceptors (Lipinski definition) is 3. The van der Waals surface area contributed by atoms with Gasteiger partial charge in [-0.15, -0.1) is 25.6 Å². The Hall–Kier alpha value is -1.73. The summed E-state index contributed by atoms with van der Waals surface area (Å²) in [5.41, 5.74) is 0.648. The molecule has 2 atom stereocenters. The second-order valence-electron chi connectivity index (χ2n) is 6.20. The number of nitrogens with one attached hydrogen (secondary N) is 1. The van der Waals surface area contributed by atoms with E-state index in [1.54, 1.807) is 6.08 Å². The third-order valence-corrected chi connectivity index (χ3v) is 4.55. The molecule has 0 radical (unpaired) electrons. The molecule has 0 unspecified atom stereocenters. The molecule has 1 aromatic rings. The predicted octanol–water partition coefficient (Wildman–Crippen LogP) is 3.09. The van der Waals surface area contributed by atoms with Crippen LogP contribution in [0.4, 0.5) is 13.2 Å². The van der Waals surface area contributed by atoms with Crippen molar-refractivity contribution in [2.24, 2.45) is 11.8 Å². The Bertz CT molecular complexity index is 619. The van der Waals surface area contributed by atoms with Crippen LogP contribution >= 0.6 is 12.4 Å². The maximum absolute atomic E-state index is 12.3. The van der Waals surface area contributed by atoms with Crippen molar-refractivity contribution in [2.75, 3.05) is 26.2 Å². The highest BCUT2D eigenvalue weighted by Crippen LogP contribution is 2.27. The van der Waals surface area contributed by atoms with Gasteiger partial charge in [0.25, 0.3) is 0 Å². The van der Waals surface area contributed by atoms with Crippen LogP contribution in [0.5, 0.6) is 5.75 Å². The molecule has 2 saturated heterocycles. The van der Waals surface area contributed by atoms with E-state index in [-0.39, 0.29) is 24.1 Å². The van der Waals surface area contributed by atoms with E-state index in [1.807, 2.05) is 4.90 Å². The standard InChI is InChI=1S/C17H19F3N2O2.ClH/c18-17(19,20)24-15-4-1-12(2-5-15)3-6-16(23)22-8-7-13-9-21-10-14(13)11-22;/h1-6,13-14,21H,7-11H2;1H/t13-,14+;/m0./s1. The number of piperidine rings is 1. The summed E-state index contributed by atoms with van der Waals surface area (Å²) in [4.78, 5) is 14.1. The number of nitrogens with zero attached hydrogens (tertiary/aromatic N) is 1. The van der Waals surface area contributed by atoms with Crippen LogP contribution in [0.3, 0.4) is 0 Å². The zero-order valence-corrected chi connectivity index (χ0v) is 14.3. The fraction of sp³-hybridized carbons (Fsp3) is 0.471. The van der Waals surface area contributed by atoms with Crippen molar-refractivity contribution < 1.29 is 22.7 Å². The van der Waals surface area contributed by atoms with Crippen molar-refractivity contribution in [3.63, 3.8) is 0 Å². The zero-order valence-electron chi connectivity index (χ0n) is 13.5. The second kappa shape index (κ2) is 8.10. The topological polar surface area (TPSA) is 41.6 Å². The first kappa shape index (κ1) is 19.6. The highest BCUT2D eigenvalue weighted by atomic mass is 35.5. The van der Waals surface area contributed by atoms with Crippen LogP contribution in [0.1, 0.15) is 12.0 Å². The first-order chi connectivity index (χ1) is 11.4. The lowest BCUT2D eigenvalue weighted by molar-refractivity contribution is -0.274. The van der Waals surface area contributed by atoms with Crippen LogP contribution in [0.15, 0.2) is 30.3 Å². The monoisotopic (exact) mass is 376 g/mol. The minimum atomic E-state index is -4.70. The van der Waals surface area contributed by atoms with Crippen molar-refractivity contribution >= 4 is 24.4 Å². The van der Waals surface area contributed by atoms with Gasteiger partial charge in [-0.2, -0.15) is 0 Å². The van der Waals surface area contributed by atoms with Gasteiger partial charge in [0.05, 0.1) is 0 Å². The van der Waals surface area contributed by atoms with Crippen molar-refractivity contribution in [2.45, 2.75) is 12.8 Å². The van der Waals surface area contributed by atoms with Crippen LogP contribution in [0, 0.1) is 11.8 Å². The molecule has 0 saturated carbocycles. The summed E-state index contributed by atoms with van der Waals surface area (Å²) in [5.74, 6) is 0.854. The molecule has 1 aromatic carbocycles. The normalized spacial score (nSPS) is 23.2. The average Bonchev–Trinajstić information content (AvgIpc) is 3.00. The van der Waals surface area contributed by atoms with Gasteiger partial charge < -0.3 is 15.0 Å². The van der Waals surface area contributed by atoms with Gasteiger partial charge in [-0.25, -0.2) is 0 Å². The Morgan fingerprint density at radius 2 is 1.88 bits per heavy atom. The number of rotatable bonds is 3. The molecule has 0 spiro atoms. The molecule has 4 nitrogen and oxygen atoms in total. The number of carbonyl (C=O) groups excluding carboxylic acids is 1. The average molecular weight is 377 g/mol. The first-order valence-corrected chi connectivity index (χ1v) is 7.94. The summed E-state index contributed by atoms with van der Waals surface area (Å²) in [6.45, 7) is 3.51. The van der Waals surface area contributed by atoms with E-state index in [0.717, 1.165) is 32.6 Å². The van der Waals surface area contributed by atoms with E-state index in [0.29, 0.717) is 17.4 Å². The Kier molecular flexibility index (Phi) is 6.35. The van der Waals surface area contributed by atoms with Gasteiger partial charge in [0.2, 0.25) is 5.91 Å². The molecule has 25 heavy (non-hydrogen) atoms. The lowest BCUT2D eigenvalue weighted by atomic mass is 9.88. The van der Waals surface area contributed by atoms with Crippen molar-refractivity contribution in [1.82, 2.24) is 10.2 Å². The lowest BCUT2D eigenvalue weighted by Crippen LogP contribution is -2.42. The largest absolute Gasteiger partial charge is 0.573 e. The second-order valence-corrected chi connectivity index (χ2v) is 6.20. The Morgan fingerprint density at radius 1 is 1.20 bits per heavy atom. The molecule has 0 aliphatic carbocycles. The van der Waals surface area contributed by atoms with Gasteiger partial charge in [-0.1, -0.05) is 12.1 Å². The van der Waals surface area contributed by atoms with Gasteiger partial charge in [-0.05, 0) is 55.1 Å². The molecule has 1 amide bonds. The van der Waals surface area contributed by atoms with Crippen molar-refractivity contribution in [1.29, 1.82) is 0 Å². The quantitative estimate of drug-likeness (QED) is 0.824. The maximum Gasteiger partial charge on any atom is 0.573 e. The molecule has 2 fully saturated rings. The number of benzene rings is 1. The zero-order chi connectivity index (χ0) is 17.2. The van der Waals surface area contributed by atoms with Gasteiger partial charge >= 0.3 is 6.36 Å². The highest BCUT2D eigenvalue weighted by molar-refractivity contribution is 5.91. The van der Waals surface area contributed by atoms with Gasteiger partial charge in [0, 0.05) is 19.2 Å². The molecular weight excluding hydrogens is 357 g/mol.